The van der Waals surface area contributed by atoms with Crippen LogP contribution in [0.15, 0.2) is 101 Å². The van der Waals surface area contributed by atoms with Crippen LogP contribution in [0, 0.1) is 0 Å². The molecule has 6 heteroatoms. The largest absolute Gasteiger partial charge is 0.455 e. The van der Waals surface area contributed by atoms with E-state index in [1.165, 1.54) is 6.21 Å². The summed E-state index contributed by atoms with van der Waals surface area (Å²) in [4.78, 5) is 12.9. The van der Waals surface area contributed by atoms with Crippen LogP contribution >= 0.6 is 23.2 Å². The predicted molar refractivity (Wildman–Crippen MR) is 125 cm³/mol. The molecule has 0 spiro atoms. The van der Waals surface area contributed by atoms with Crippen molar-refractivity contribution in [1.82, 2.24) is 5.43 Å². The lowest BCUT2D eigenvalue weighted by Gasteiger charge is -2.16. The van der Waals surface area contributed by atoms with Crippen LogP contribution in [0.1, 0.15) is 22.8 Å². The standard InChI is InChI=1S/C25H18Cl2N2O2/c26-21-13-11-19(15-22(21)27)23-14-12-20(31-23)16-28-29-25(30)24(17-7-3-1-4-8-17)18-9-5-2-6-10-18/h1-16,24H,(H,29,30)/b28-16-. The fourth-order valence-corrected chi connectivity index (χ4v) is 3.54. The number of hydrazone groups is 1. The first-order valence-electron chi connectivity index (χ1n) is 9.60. The van der Waals surface area contributed by atoms with Crippen molar-refractivity contribution in [2.24, 2.45) is 5.10 Å². The van der Waals surface area contributed by atoms with Crippen molar-refractivity contribution < 1.29 is 9.21 Å². The molecule has 0 atom stereocenters. The van der Waals surface area contributed by atoms with E-state index in [-0.39, 0.29) is 5.91 Å². The number of rotatable bonds is 6. The monoisotopic (exact) mass is 448 g/mol. The van der Waals surface area contributed by atoms with E-state index in [2.05, 4.69) is 10.5 Å². The summed E-state index contributed by atoms with van der Waals surface area (Å²) in [6.07, 6.45) is 1.46. The first-order valence-corrected chi connectivity index (χ1v) is 10.4. The van der Waals surface area contributed by atoms with Crippen molar-refractivity contribution in [3.63, 3.8) is 0 Å². The Labute approximate surface area is 190 Å². The van der Waals surface area contributed by atoms with Crippen molar-refractivity contribution in [2.45, 2.75) is 5.92 Å². The number of nitrogens with one attached hydrogen (secondary N) is 1. The van der Waals surface area contributed by atoms with Crippen LogP contribution in [0.2, 0.25) is 10.0 Å². The lowest BCUT2D eigenvalue weighted by molar-refractivity contribution is -0.121. The zero-order chi connectivity index (χ0) is 21.6. The van der Waals surface area contributed by atoms with Crippen molar-refractivity contribution >= 4 is 35.3 Å². The third kappa shape index (κ3) is 5.05. The van der Waals surface area contributed by atoms with E-state index in [1.807, 2.05) is 66.7 Å². The highest BCUT2D eigenvalue weighted by Gasteiger charge is 2.22. The van der Waals surface area contributed by atoms with Gasteiger partial charge >= 0.3 is 0 Å². The Balaban J connectivity index is 1.49. The molecular formula is C25H18Cl2N2O2. The maximum absolute atomic E-state index is 12.9. The Kier molecular flexibility index (Phi) is 6.51. The molecule has 31 heavy (non-hydrogen) atoms. The second kappa shape index (κ2) is 9.65. The summed E-state index contributed by atoms with van der Waals surface area (Å²) in [5.41, 5.74) is 5.20. The lowest BCUT2D eigenvalue weighted by atomic mass is 9.91. The second-order valence-electron chi connectivity index (χ2n) is 6.82. The molecule has 0 saturated carbocycles. The van der Waals surface area contributed by atoms with Crippen LogP contribution in [0.3, 0.4) is 0 Å². The summed E-state index contributed by atoms with van der Waals surface area (Å²) in [5, 5.41) is 5.02. The quantitative estimate of drug-likeness (QED) is 0.269. The van der Waals surface area contributed by atoms with Crippen LogP contribution in [-0.2, 0) is 4.79 Å². The topological polar surface area (TPSA) is 54.6 Å². The van der Waals surface area contributed by atoms with Gasteiger partial charge in [-0.25, -0.2) is 5.43 Å². The highest BCUT2D eigenvalue weighted by molar-refractivity contribution is 6.42. The summed E-state index contributed by atoms with van der Waals surface area (Å²) in [6.45, 7) is 0. The van der Waals surface area contributed by atoms with Crippen LogP contribution in [0.4, 0.5) is 0 Å². The van der Waals surface area contributed by atoms with E-state index in [9.17, 15) is 4.79 Å². The van der Waals surface area contributed by atoms with Gasteiger partial charge in [0.05, 0.1) is 22.2 Å². The molecule has 0 unspecified atom stereocenters. The summed E-state index contributed by atoms with van der Waals surface area (Å²) in [7, 11) is 0. The molecule has 1 amide bonds. The Morgan fingerprint density at radius 3 is 2.10 bits per heavy atom. The Morgan fingerprint density at radius 1 is 0.839 bits per heavy atom. The Morgan fingerprint density at radius 2 is 1.48 bits per heavy atom. The second-order valence-corrected chi connectivity index (χ2v) is 7.63. The van der Waals surface area contributed by atoms with Gasteiger partial charge in [0.2, 0.25) is 0 Å². The van der Waals surface area contributed by atoms with Gasteiger partial charge in [-0.1, -0.05) is 83.9 Å². The number of furan rings is 1. The molecule has 0 aliphatic carbocycles. The van der Waals surface area contributed by atoms with Gasteiger partial charge in [0.25, 0.3) is 5.91 Å². The summed E-state index contributed by atoms with van der Waals surface area (Å²) in [6, 6.07) is 28.0. The predicted octanol–water partition coefficient (Wildman–Crippen LogP) is 6.54. The zero-order valence-electron chi connectivity index (χ0n) is 16.3. The van der Waals surface area contributed by atoms with Gasteiger partial charge in [-0.3, -0.25) is 4.79 Å². The van der Waals surface area contributed by atoms with Crippen molar-refractivity contribution in [1.29, 1.82) is 0 Å². The van der Waals surface area contributed by atoms with Crippen molar-refractivity contribution in [3.8, 4) is 11.3 Å². The molecule has 1 N–H and O–H groups in total. The minimum absolute atomic E-state index is 0.232. The molecular weight excluding hydrogens is 431 g/mol. The lowest BCUT2D eigenvalue weighted by Crippen LogP contribution is -2.26. The average Bonchev–Trinajstić information content (AvgIpc) is 3.26. The normalized spacial score (nSPS) is 11.2. The van der Waals surface area contributed by atoms with E-state index in [4.69, 9.17) is 27.6 Å². The van der Waals surface area contributed by atoms with Gasteiger partial charge in [0, 0.05) is 5.56 Å². The maximum Gasteiger partial charge on any atom is 0.252 e. The molecule has 0 saturated heterocycles. The third-order valence-electron chi connectivity index (χ3n) is 4.73. The van der Waals surface area contributed by atoms with Crippen LogP contribution in [-0.4, -0.2) is 12.1 Å². The van der Waals surface area contributed by atoms with Gasteiger partial charge in [-0.05, 0) is 41.5 Å². The van der Waals surface area contributed by atoms with Crippen LogP contribution in [0.5, 0.6) is 0 Å². The van der Waals surface area contributed by atoms with E-state index < -0.39 is 5.92 Å². The molecule has 0 bridgehead atoms. The van der Waals surface area contributed by atoms with Gasteiger partial charge in [0.1, 0.15) is 11.5 Å². The van der Waals surface area contributed by atoms with Crippen molar-refractivity contribution in [3.05, 3.63) is 118 Å². The van der Waals surface area contributed by atoms with E-state index >= 15 is 0 Å². The number of nitrogens with zero attached hydrogens (tertiary/aromatic N) is 1. The molecule has 154 valence electrons. The van der Waals surface area contributed by atoms with Gasteiger partial charge in [0.15, 0.2) is 0 Å². The molecule has 0 radical (unpaired) electrons. The fourth-order valence-electron chi connectivity index (χ4n) is 3.24. The summed E-state index contributed by atoms with van der Waals surface area (Å²) < 4.78 is 5.77. The number of benzene rings is 3. The first kappa shape index (κ1) is 20.9. The molecule has 0 aliphatic heterocycles. The summed E-state index contributed by atoms with van der Waals surface area (Å²) >= 11 is 12.0. The zero-order valence-corrected chi connectivity index (χ0v) is 17.8. The SMILES string of the molecule is O=C(N/N=C\c1ccc(-c2ccc(Cl)c(Cl)c2)o1)C(c1ccccc1)c1ccccc1. The minimum atomic E-state index is -0.470. The molecule has 4 aromatic rings. The molecule has 1 heterocycles. The maximum atomic E-state index is 12.9. The molecule has 4 nitrogen and oxygen atoms in total. The number of hydrogen-bond donors (Lipinski definition) is 1. The molecule has 3 aromatic carbocycles. The van der Waals surface area contributed by atoms with E-state index in [0.717, 1.165) is 16.7 Å². The van der Waals surface area contributed by atoms with Gasteiger partial charge in [-0.15, -0.1) is 0 Å². The minimum Gasteiger partial charge on any atom is -0.455 e. The first-order chi connectivity index (χ1) is 15.1. The molecule has 0 aliphatic rings. The summed E-state index contributed by atoms with van der Waals surface area (Å²) in [5.74, 6) is 0.419. The Hall–Kier alpha value is -3.34. The Bertz CT molecular complexity index is 1170. The number of carbonyl (C=O) groups excluding carboxylic acids is 1. The smallest absolute Gasteiger partial charge is 0.252 e. The van der Waals surface area contributed by atoms with Gasteiger partial charge < -0.3 is 4.42 Å². The number of halogens is 2. The van der Waals surface area contributed by atoms with Crippen LogP contribution in [0.25, 0.3) is 11.3 Å². The fraction of sp³-hybridized carbons (Fsp3) is 0.0400. The van der Waals surface area contributed by atoms with E-state index in [0.29, 0.717) is 21.6 Å². The molecule has 1 aromatic heterocycles. The molecule has 4 rings (SSSR count). The van der Waals surface area contributed by atoms with Crippen LogP contribution < -0.4 is 5.43 Å². The average molecular weight is 449 g/mol. The van der Waals surface area contributed by atoms with E-state index in [1.54, 1.807) is 24.3 Å². The highest BCUT2D eigenvalue weighted by atomic mass is 35.5. The van der Waals surface area contributed by atoms with Gasteiger partial charge in [-0.2, -0.15) is 5.10 Å². The number of carbonyl (C=O) groups is 1. The number of amides is 1. The third-order valence-corrected chi connectivity index (χ3v) is 5.46. The molecule has 0 fully saturated rings. The number of hydrogen-bond acceptors (Lipinski definition) is 3. The highest BCUT2D eigenvalue weighted by Crippen LogP contribution is 2.29. The van der Waals surface area contributed by atoms with Crippen molar-refractivity contribution in [2.75, 3.05) is 0 Å².